The van der Waals surface area contributed by atoms with Crippen molar-refractivity contribution < 1.29 is 8.42 Å². The zero-order valence-electron chi connectivity index (χ0n) is 17.4. The van der Waals surface area contributed by atoms with Gasteiger partial charge in [-0.05, 0) is 47.4 Å². The molecule has 2 aromatic carbocycles. The first-order valence-electron chi connectivity index (χ1n) is 9.98. The Bertz CT molecular complexity index is 899. The molecular formula is C22H30ClN3O2S. The molecule has 0 atom stereocenters. The molecule has 1 aliphatic heterocycles. The Morgan fingerprint density at radius 3 is 2.07 bits per heavy atom. The van der Waals surface area contributed by atoms with Crippen LogP contribution in [0.25, 0.3) is 0 Å². The van der Waals surface area contributed by atoms with Crippen molar-refractivity contribution in [3.05, 3.63) is 59.1 Å². The number of hydrogen-bond donors (Lipinski definition) is 1. The van der Waals surface area contributed by atoms with Gasteiger partial charge in [0, 0.05) is 50.0 Å². The van der Waals surface area contributed by atoms with Gasteiger partial charge in [-0.3, -0.25) is 4.90 Å². The van der Waals surface area contributed by atoms with E-state index >= 15 is 0 Å². The van der Waals surface area contributed by atoms with Crippen molar-refractivity contribution in [3.63, 3.8) is 0 Å². The number of nitrogens with zero attached hydrogens (tertiary/aromatic N) is 2. The van der Waals surface area contributed by atoms with Gasteiger partial charge in [-0.2, -0.15) is 0 Å². The second-order valence-corrected chi connectivity index (χ2v) is 10.7. The van der Waals surface area contributed by atoms with Gasteiger partial charge in [-0.1, -0.05) is 44.5 Å². The number of rotatable bonds is 6. The van der Waals surface area contributed by atoms with Gasteiger partial charge in [-0.25, -0.2) is 13.1 Å². The molecule has 5 nitrogen and oxygen atoms in total. The van der Waals surface area contributed by atoms with Crippen molar-refractivity contribution >= 4 is 27.3 Å². The van der Waals surface area contributed by atoms with Crippen LogP contribution >= 0.6 is 11.6 Å². The van der Waals surface area contributed by atoms with Crippen LogP contribution in [0.5, 0.6) is 0 Å². The fourth-order valence-electron chi connectivity index (χ4n) is 3.44. The molecular weight excluding hydrogens is 406 g/mol. The average molecular weight is 436 g/mol. The summed E-state index contributed by atoms with van der Waals surface area (Å²) < 4.78 is 27.8. The van der Waals surface area contributed by atoms with E-state index in [1.165, 1.54) is 5.69 Å². The Morgan fingerprint density at radius 1 is 0.931 bits per heavy atom. The lowest BCUT2D eigenvalue weighted by Crippen LogP contribution is -2.48. The van der Waals surface area contributed by atoms with Gasteiger partial charge in [-0.15, -0.1) is 0 Å². The summed E-state index contributed by atoms with van der Waals surface area (Å²) in [6.07, 6.45) is 0. The van der Waals surface area contributed by atoms with E-state index in [-0.39, 0.29) is 5.41 Å². The minimum absolute atomic E-state index is 0.00385. The molecule has 0 aromatic heterocycles. The van der Waals surface area contributed by atoms with Crippen LogP contribution in [0, 0.1) is 0 Å². The standard InChI is InChI=1S/C22H30ClN3O2S/c1-22(2,3)18-4-10-21(11-5-18)29(27,28)24-12-13-25-14-16-26(17-15-25)20-8-6-19(23)7-9-20/h4-11,24H,12-17H2,1-3H3. The molecule has 0 saturated carbocycles. The summed E-state index contributed by atoms with van der Waals surface area (Å²) in [5, 5.41) is 0.743. The second kappa shape index (κ2) is 9.04. The van der Waals surface area contributed by atoms with Gasteiger partial charge in [0.1, 0.15) is 0 Å². The molecule has 1 aliphatic rings. The molecule has 0 aliphatic carbocycles. The maximum absolute atomic E-state index is 12.6. The fourth-order valence-corrected chi connectivity index (χ4v) is 4.58. The van der Waals surface area contributed by atoms with Crippen molar-refractivity contribution in [3.8, 4) is 0 Å². The molecule has 1 fully saturated rings. The van der Waals surface area contributed by atoms with E-state index in [0.717, 1.165) is 36.8 Å². The summed E-state index contributed by atoms with van der Waals surface area (Å²) in [4.78, 5) is 4.93. The maximum Gasteiger partial charge on any atom is 0.240 e. The Hall–Kier alpha value is -1.60. The molecule has 0 amide bonds. The topological polar surface area (TPSA) is 52.7 Å². The van der Waals surface area contributed by atoms with Crippen LogP contribution in [0.4, 0.5) is 5.69 Å². The summed E-state index contributed by atoms with van der Waals surface area (Å²) >= 11 is 5.96. The highest BCUT2D eigenvalue weighted by Gasteiger charge is 2.20. The van der Waals surface area contributed by atoms with Gasteiger partial charge in [0.25, 0.3) is 0 Å². The van der Waals surface area contributed by atoms with Crippen LogP contribution in [0.2, 0.25) is 5.02 Å². The molecule has 2 aromatic rings. The van der Waals surface area contributed by atoms with Crippen molar-refractivity contribution in [2.24, 2.45) is 0 Å². The van der Waals surface area contributed by atoms with Crippen LogP contribution in [0.1, 0.15) is 26.3 Å². The molecule has 29 heavy (non-hydrogen) atoms. The number of anilines is 1. The van der Waals surface area contributed by atoms with E-state index in [1.54, 1.807) is 12.1 Å². The quantitative estimate of drug-likeness (QED) is 0.751. The minimum atomic E-state index is -3.48. The van der Waals surface area contributed by atoms with Gasteiger partial charge < -0.3 is 4.90 Å². The lowest BCUT2D eigenvalue weighted by molar-refractivity contribution is 0.262. The third kappa shape index (κ3) is 5.95. The monoisotopic (exact) mass is 435 g/mol. The van der Waals surface area contributed by atoms with Gasteiger partial charge in [0.05, 0.1) is 4.90 Å². The number of benzene rings is 2. The van der Waals surface area contributed by atoms with Crippen LogP contribution in [0.15, 0.2) is 53.4 Å². The smallest absolute Gasteiger partial charge is 0.240 e. The Morgan fingerprint density at radius 2 is 1.52 bits per heavy atom. The predicted octanol–water partition coefficient (Wildman–Crippen LogP) is 3.74. The highest BCUT2D eigenvalue weighted by Crippen LogP contribution is 2.23. The molecule has 7 heteroatoms. The summed E-state index contributed by atoms with van der Waals surface area (Å²) in [5.41, 5.74) is 2.30. The number of halogens is 1. The van der Waals surface area contributed by atoms with Gasteiger partial charge in [0.2, 0.25) is 10.0 Å². The Labute approximate surface area is 179 Å². The summed E-state index contributed by atoms with van der Waals surface area (Å²) in [7, 11) is -3.48. The zero-order chi connectivity index (χ0) is 21.1. The van der Waals surface area contributed by atoms with Crippen LogP contribution in [0.3, 0.4) is 0 Å². The second-order valence-electron chi connectivity index (χ2n) is 8.48. The van der Waals surface area contributed by atoms with Crippen molar-refractivity contribution in [2.75, 3.05) is 44.2 Å². The lowest BCUT2D eigenvalue weighted by Gasteiger charge is -2.36. The minimum Gasteiger partial charge on any atom is -0.369 e. The lowest BCUT2D eigenvalue weighted by atomic mass is 9.87. The molecule has 158 valence electrons. The van der Waals surface area contributed by atoms with Crippen molar-refractivity contribution in [2.45, 2.75) is 31.1 Å². The number of nitrogens with one attached hydrogen (secondary N) is 1. The molecule has 1 saturated heterocycles. The SMILES string of the molecule is CC(C)(C)c1ccc(S(=O)(=O)NCCN2CCN(c3ccc(Cl)cc3)CC2)cc1. The van der Waals surface area contributed by atoms with E-state index < -0.39 is 10.0 Å². The van der Waals surface area contributed by atoms with Gasteiger partial charge >= 0.3 is 0 Å². The molecule has 0 radical (unpaired) electrons. The summed E-state index contributed by atoms with van der Waals surface area (Å²) in [6, 6.07) is 15.1. The fraction of sp³-hybridized carbons (Fsp3) is 0.455. The van der Waals surface area contributed by atoms with E-state index in [2.05, 4.69) is 35.3 Å². The first-order chi connectivity index (χ1) is 13.6. The van der Waals surface area contributed by atoms with Gasteiger partial charge in [0.15, 0.2) is 0 Å². The number of hydrogen-bond acceptors (Lipinski definition) is 4. The molecule has 3 rings (SSSR count). The Balaban J connectivity index is 1.47. The predicted molar refractivity (Wildman–Crippen MR) is 120 cm³/mol. The number of sulfonamides is 1. The summed E-state index contributed by atoms with van der Waals surface area (Å²) in [6.45, 7) is 11.1. The highest BCUT2D eigenvalue weighted by molar-refractivity contribution is 7.89. The third-order valence-electron chi connectivity index (χ3n) is 5.31. The molecule has 1 heterocycles. The zero-order valence-corrected chi connectivity index (χ0v) is 18.9. The third-order valence-corrected chi connectivity index (χ3v) is 7.04. The number of piperazine rings is 1. The average Bonchev–Trinajstić information content (AvgIpc) is 2.68. The highest BCUT2D eigenvalue weighted by atomic mass is 35.5. The van der Waals surface area contributed by atoms with E-state index in [1.807, 2.05) is 36.4 Å². The molecule has 0 unspecified atom stereocenters. The van der Waals surface area contributed by atoms with E-state index in [0.29, 0.717) is 18.0 Å². The molecule has 0 spiro atoms. The van der Waals surface area contributed by atoms with Crippen LogP contribution in [-0.2, 0) is 15.4 Å². The maximum atomic E-state index is 12.6. The molecule has 1 N–H and O–H groups in total. The van der Waals surface area contributed by atoms with Crippen molar-refractivity contribution in [1.29, 1.82) is 0 Å². The molecule has 0 bridgehead atoms. The van der Waals surface area contributed by atoms with E-state index in [9.17, 15) is 8.42 Å². The first kappa shape index (κ1) is 22.1. The first-order valence-corrected chi connectivity index (χ1v) is 11.8. The Kier molecular flexibility index (Phi) is 6.89. The normalized spacial score (nSPS) is 16.2. The summed E-state index contributed by atoms with van der Waals surface area (Å²) in [5.74, 6) is 0. The van der Waals surface area contributed by atoms with Crippen LogP contribution < -0.4 is 9.62 Å². The van der Waals surface area contributed by atoms with E-state index in [4.69, 9.17) is 11.6 Å². The van der Waals surface area contributed by atoms with Crippen LogP contribution in [-0.4, -0.2) is 52.6 Å². The van der Waals surface area contributed by atoms with Crippen molar-refractivity contribution in [1.82, 2.24) is 9.62 Å². The largest absolute Gasteiger partial charge is 0.369 e.